The number of carbonyl (C=O) groups is 1. The van der Waals surface area contributed by atoms with Crippen LogP contribution < -0.4 is 0 Å². The van der Waals surface area contributed by atoms with E-state index in [1.165, 1.54) is 0 Å². The molecule has 0 heterocycles. The van der Waals surface area contributed by atoms with Crippen LogP contribution in [0.4, 0.5) is 26.3 Å². The summed E-state index contributed by atoms with van der Waals surface area (Å²) in [6.45, 7) is -2.52. The topological polar surface area (TPSA) is 104 Å². The van der Waals surface area contributed by atoms with Crippen LogP contribution in [0, 0.1) is 5.41 Å². The van der Waals surface area contributed by atoms with E-state index in [-0.39, 0.29) is 6.29 Å². The van der Waals surface area contributed by atoms with Gasteiger partial charge in [-0.15, -0.1) is 0 Å². The van der Waals surface area contributed by atoms with Gasteiger partial charge in [0, 0.05) is 0 Å². The third-order valence-electron chi connectivity index (χ3n) is 1.94. The summed E-state index contributed by atoms with van der Waals surface area (Å²) in [5.41, 5.74) is -14.0. The van der Waals surface area contributed by atoms with Gasteiger partial charge in [-0.1, -0.05) is 0 Å². The van der Waals surface area contributed by atoms with Crippen LogP contribution in [0.5, 0.6) is 0 Å². The minimum absolute atomic E-state index is 0.301. The van der Waals surface area contributed by atoms with Gasteiger partial charge in [-0.05, 0) is 6.92 Å². The van der Waals surface area contributed by atoms with Crippen LogP contribution in [-0.4, -0.2) is 47.4 Å². The van der Waals surface area contributed by atoms with E-state index in [2.05, 4.69) is 8.37 Å². The average Bonchev–Trinajstić information content (AvgIpc) is 2.31. The Morgan fingerprint density at radius 1 is 0.818 bits per heavy atom. The smallest absolute Gasteiger partial charge is 0.303 e. The summed E-state index contributed by atoms with van der Waals surface area (Å²) in [5, 5.41) is 0. The van der Waals surface area contributed by atoms with Gasteiger partial charge in [0.15, 0.2) is 0 Å². The van der Waals surface area contributed by atoms with Crippen molar-refractivity contribution in [1.29, 1.82) is 0 Å². The van der Waals surface area contributed by atoms with Crippen molar-refractivity contribution in [2.75, 3.05) is 13.2 Å². The predicted octanol–water partition coefficient (Wildman–Crippen LogP) is 0.924. The lowest BCUT2D eigenvalue weighted by Gasteiger charge is -2.22. The molecule has 0 spiro atoms. The Balaban J connectivity index is 5.01. The van der Waals surface area contributed by atoms with Gasteiger partial charge >= 0.3 is 31.3 Å². The van der Waals surface area contributed by atoms with Crippen LogP contribution in [0.2, 0.25) is 0 Å². The van der Waals surface area contributed by atoms with Gasteiger partial charge in [-0.2, -0.15) is 43.2 Å². The number of alkyl halides is 6. The van der Waals surface area contributed by atoms with Crippen LogP contribution in [0.25, 0.3) is 0 Å². The molecule has 0 saturated heterocycles. The van der Waals surface area contributed by atoms with Crippen molar-refractivity contribution in [3.8, 4) is 0 Å². The second-order valence-corrected chi connectivity index (χ2v) is 7.31. The summed E-state index contributed by atoms with van der Waals surface area (Å²) in [5.74, 6) is 0. The third-order valence-corrected chi connectivity index (χ3v) is 3.93. The van der Waals surface area contributed by atoms with E-state index in [0.29, 0.717) is 6.92 Å². The fraction of sp³-hybridized carbons (Fsp3) is 0.857. The summed E-state index contributed by atoms with van der Waals surface area (Å²) in [6, 6.07) is 0. The van der Waals surface area contributed by atoms with Gasteiger partial charge in [-0.25, -0.2) is 0 Å². The van der Waals surface area contributed by atoms with Gasteiger partial charge in [0.1, 0.15) is 6.29 Å². The van der Waals surface area contributed by atoms with Crippen molar-refractivity contribution >= 4 is 26.5 Å². The molecule has 0 rings (SSSR count). The summed E-state index contributed by atoms with van der Waals surface area (Å²) in [7, 11) is -12.2. The number of halogens is 6. The molecule has 0 amide bonds. The molecule has 0 atom stereocenters. The van der Waals surface area contributed by atoms with Gasteiger partial charge in [0.05, 0.1) is 18.6 Å². The Bertz CT molecular complexity index is 554. The SMILES string of the molecule is CC(C=O)(COS(=O)(=O)C(F)(F)F)COS(=O)(=O)C(F)(F)F. The summed E-state index contributed by atoms with van der Waals surface area (Å²) < 4.78 is 121. The van der Waals surface area contributed by atoms with E-state index >= 15 is 0 Å². The third kappa shape index (κ3) is 5.36. The standard InChI is InChI=1S/C7H8F6O7S2/c1-5(2-14,3-19-21(15,16)6(8,9)10)4-20-22(17,18)7(11,12)13/h2H,3-4H2,1H3. The zero-order valence-corrected chi connectivity index (χ0v) is 12.1. The van der Waals surface area contributed by atoms with E-state index in [0.717, 1.165) is 0 Å². The highest BCUT2D eigenvalue weighted by atomic mass is 32.2. The van der Waals surface area contributed by atoms with Gasteiger partial charge < -0.3 is 4.79 Å². The summed E-state index contributed by atoms with van der Waals surface area (Å²) >= 11 is 0. The zero-order chi connectivity index (χ0) is 18.0. The van der Waals surface area contributed by atoms with Crippen molar-refractivity contribution in [2.24, 2.45) is 5.41 Å². The molecule has 0 radical (unpaired) electrons. The number of aldehydes is 1. The van der Waals surface area contributed by atoms with Crippen LogP contribution in [-0.2, 0) is 33.4 Å². The normalized spacial score (nSPS) is 14.9. The second kappa shape index (κ2) is 6.29. The number of rotatable bonds is 7. The van der Waals surface area contributed by atoms with E-state index in [9.17, 15) is 48.0 Å². The molecular weight excluding hydrogens is 374 g/mol. The number of carbonyl (C=O) groups excluding carboxylic acids is 1. The van der Waals surface area contributed by atoms with E-state index in [1.807, 2.05) is 0 Å². The number of hydrogen-bond donors (Lipinski definition) is 0. The Kier molecular flexibility index (Phi) is 6.02. The molecule has 0 saturated carbocycles. The predicted molar refractivity (Wildman–Crippen MR) is 56.0 cm³/mol. The maximum absolute atomic E-state index is 12.0. The molecular formula is C7H8F6O7S2. The molecule has 0 aliphatic rings. The van der Waals surface area contributed by atoms with Crippen LogP contribution in [0.15, 0.2) is 0 Å². The summed E-state index contributed by atoms with van der Waals surface area (Å²) in [4.78, 5) is 10.6. The Labute approximate surface area is 120 Å². The van der Waals surface area contributed by atoms with Crippen LogP contribution >= 0.6 is 0 Å². The van der Waals surface area contributed by atoms with Crippen molar-refractivity contribution in [3.63, 3.8) is 0 Å². The fourth-order valence-electron chi connectivity index (χ4n) is 0.668. The monoisotopic (exact) mass is 382 g/mol. The molecule has 0 aromatic heterocycles. The van der Waals surface area contributed by atoms with Gasteiger partial charge in [0.2, 0.25) is 0 Å². The second-order valence-electron chi connectivity index (χ2n) is 4.10. The average molecular weight is 382 g/mol. The highest BCUT2D eigenvalue weighted by Gasteiger charge is 2.50. The molecule has 0 aromatic rings. The molecule has 7 nitrogen and oxygen atoms in total. The van der Waals surface area contributed by atoms with Crippen LogP contribution in [0.3, 0.4) is 0 Å². The molecule has 0 aliphatic carbocycles. The minimum Gasteiger partial charge on any atom is -0.303 e. The molecule has 22 heavy (non-hydrogen) atoms. The van der Waals surface area contributed by atoms with Crippen molar-refractivity contribution in [2.45, 2.75) is 17.9 Å². The molecule has 0 unspecified atom stereocenters. The minimum atomic E-state index is -6.11. The van der Waals surface area contributed by atoms with Crippen LogP contribution in [0.1, 0.15) is 6.92 Å². The largest absolute Gasteiger partial charge is 0.523 e. The maximum Gasteiger partial charge on any atom is 0.523 e. The molecule has 0 bridgehead atoms. The first kappa shape index (κ1) is 21.1. The van der Waals surface area contributed by atoms with Crippen molar-refractivity contribution < 1.29 is 56.3 Å². The fourth-order valence-corrected chi connectivity index (χ4v) is 1.78. The lowest BCUT2D eigenvalue weighted by molar-refractivity contribution is -0.119. The molecule has 0 fully saturated rings. The van der Waals surface area contributed by atoms with E-state index < -0.39 is 49.9 Å². The molecule has 132 valence electrons. The number of hydrogen-bond acceptors (Lipinski definition) is 7. The maximum atomic E-state index is 12.0. The molecule has 0 N–H and O–H groups in total. The van der Waals surface area contributed by atoms with Crippen molar-refractivity contribution in [1.82, 2.24) is 0 Å². The first-order chi connectivity index (χ1) is 9.47. The summed E-state index contributed by atoms with van der Waals surface area (Å²) in [6.07, 6.45) is -0.301. The highest BCUT2D eigenvalue weighted by Crippen LogP contribution is 2.29. The molecule has 0 aromatic carbocycles. The Morgan fingerprint density at radius 3 is 1.27 bits per heavy atom. The van der Waals surface area contributed by atoms with Crippen molar-refractivity contribution in [3.05, 3.63) is 0 Å². The van der Waals surface area contributed by atoms with Gasteiger partial charge in [-0.3, -0.25) is 8.37 Å². The lowest BCUT2D eigenvalue weighted by atomic mass is 9.96. The Hall–Kier alpha value is -0.930. The lowest BCUT2D eigenvalue weighted by Crippen LogP contribution is -2.37. The van der Waals surface area contributed by atoms with E-state index in [4.69, 9.17) is 0 Å². The first-order valence-electron chi connectivity index (χ1n) is 4.85. The van der Waals surface area contributed by atoms with Gasteiger partial charge in [0.25, 0.3) is 0 Å². The van der Waals surface area contributed by atoms with E-state index in [1.54, 1.807) is 0 Å². The zero-order valence-electron chi connectivity index (χ0n) is 10.4. The first-order valence-corrected chi connectivity index (χ1v) is 7.67. The molecule has 15 heteroatoms. The molecule has 0 aliphatic heterocycles. The quantitative estimate of drug-likeness (QED) is 0.279. The Morgan fingerprint density at radius 2 is 1.09 bits per heavy atom. The highest BCUT2D eigenvalue weighted by molar-refractivity contribution is 7.87.